The van der Waals surface area contributed by atoms with Gasteiger partial charge in [0.2, 0.25) is 0 Å². The molecule has 0 saturated carbocycles. The van der Waals surface area contributed by atoms with Crippen molar-refractivity contribution in [3.63, 3.8) is 0 Å². The first-order chi connectivity index (χ1) is 6.25. The highest BCUT2D eigenvalue weighted by Crippen LogP contribution is 2.38. The molecule has 0 spiro atoms. The molecule has 0 amide bonds. The van der Waals surface area contributed by atoms with Crippen molar-refractivity contribution in [2.75, 3.05) is 0 Å². The van der Waals surface area contributed by atoms with E-state index in [0.717, 1.165) is 0 Å². The van der Waals surface area contributed by atoms with Crippen molar-refractivity contribution in [2.24, 2.45) is 0 Å². The fourth-order valence-corrected chi connectivity index (χ4v) is 1.22. The Hall–Kier alpha value is -0.550. The van der Waals surface area contributed by atoms with Gasteiger partial charge >= 0.3 is 6.18 Å². The van der Waals surface area contributed by atoms with E-state index in [0.29, 0.717) is 0 Å². The van der Waals surface area contributed by atoms with Crippen molar-refractivity contribution in [1.82, 2.24) is 0 Å². The summed E-state index contributed by atoms with van der Waals surface area (Å²) in [7, 11) is 0. The van der Waals surface area contributed by atoms with E-state index < -0.39 is 33.4 Å². The van der Waals surface area contributed by atoms with Crippen molar-refractivity contribution in [2.45, 2.75) is 6.18 Å². The van der Waals surface area contributed by atoms with Gasteiger partial charge in [0.15, 0.2) is 11.6 Å². The van der Waals surface area contributed by atoms with Gasteiger partial charge in [-0.2, -0.15) is 13.2 Å². The Morgan fingerprint density at radius 1 is 1.00 bits per heavy atom. The van der Waals surface area contributed by atoms with Crippen LogP contribution in [0.4, 0.5) is 22.0 Å². The summed E-state index contributed by atoms with van der Waals surface area (Å²) in [5.74, 6) is -3.39. The lowest BCUT2D eigenvalue weighted by atomic mass is 10.2. The van der Waals surface area contributed by atoms with Gasteiger partial charge in [-0.1, -0.05) is 23.2 Å². The fourth-order valence-electron chi connectivity index (χ4n) is 0.779. The van der Waals surface area contributed by atoms with Crippen molar-refractivity contribution in [3.8, 4) is 0 Å². The van der Waals surface area contributed by atoms with Crippen LogP contribution >= 0.6 is 23.2 Å². The minimum Gasteiger partial charge on any atom is -0.202 e. The molecule has 14 heavy (non-hydrogen) atoms. The second-order valence-electron chi connectivity index (χ2n) is 2.35. The van der Waals surface area contributed by atoms with Crippen LogP contribution in [0.5, 0.6) is 0 Å². The van der Waals surface area contributed by atoms with Crippen LogP contribution in [0.1, 0.15) is 5.56 Å². The molecular formula is C7HCl2F5. The number of hydrogen-bond donors (Lipinski definition) is 0. The van der Waals surface area contributed by atoms with Crippen LogP contribution in [0.3, 0.4) is 0 Å². The van der Waals surface area contributed by atoms with E-state index >= 15 is 0 Å². The molecule has 0 aliphatic rings. The lowest BCUT2D eigenvalue weighted by molar-refractivity contribution is -0.137. The van der Waals surface area contributed by atoms with Crippen LogP contribution in [0.15, 0.2) is 6.07 Å². The monoisotopic (exact) mass is 250 g/mol. The smallest absolute Gasteiger partial charge is 0.202 e. The molecule has 0 N–H and O–H groups in total. The van der Waals surface area contributed by atoms with E-state index in [1.165, 1.54) is 0 Å². The average molecular weight is 251 g/mol. The summed E-state index contributed by atoms with van der Waals surface area (Å²) in [5.41, 5.74) is -1.50. The first kappa shape index (κ1) is 11.5. The number of rotatable bonds is 0. The maximum Gasteiger partial charge on any atom is 0.418 e. The van der Waals surface area contributed by atoms with Crippen molar-refractivity contribution in [3.05, 3.63) is 33.3 Å². The van der Waals surface area contributed by atoms with Crippen LogP contribution in [-0.4, -0.2) is 0 Å². The molecule has 0 saturated heterocycles. The predicted octanol–water partition coefficient (Wildman–Crippen LogP) is 4.29. The zero-order valence-corrected chi connectivity index (χ0v) is 7.73. The molecule has 0 fully saturated rings. The third kappa shape index (κ3) is 1.93. The topological polar surface area (TPSA) is 0 Å². The predicted molar refractivity (Wildman–Crippen MR) is 41.4 cm³/mol. The Morgan fingerprint density at radius 3 is 1.93 bits per heavy atom. The van der Waals surface area contributed by atoms with Gasteiger partial charge in [-0.25, -0.2) is 8.78 Å². The third-order valence-electron chi connectivity index (χ3n) is 1.41. The maximum atomic E-state index is 12.7. The molecule has 0 aliphatic carbocycles. The van der Waals surface area contributed by atoms with Crippen LogP contribution < -0.4 is 0 Å². The Bertz CT molecular complexity index is 371. The minimum absolute atomic E-state index is 0.238. The highest BCUT2D eigenvalue weighted by molar-refractivity contribution is 6.33. The fraction of sp³-hybridized carbons (Fsp3) is 0.143. The molecule has 78 valence electrons. The summed E-state index contributed by atoms with van der Waals surface area (Å²) < 4.78 is 61.6. The lowest BCUT2D eigenvalue weighted by Gasteiger charge is -2.10. The Labute approximate surface area is 85.2 Å². The van der Waals surface area contributed by atoms with E-state index in [1.807, 2.05) is 0 Å². The second-order valence-corrected chi connectivity index (χ2v) is 3.13. The standard InChI is InChI=1S/C7HCl2F5/c8-3-1-2(7(12,13)14)4(9)6(11)5(3)10/h1H. The largest absolute Gasteiger partial charge is 0.418 e. The normalized spacial score (nSPS) is 11.9. The molecule has 0 radical (unpaired) electrons. The van der Waals surface area contributed by atoms with Gasteiger partial charge in [0.05, 0.1) is 15.6 Å². The van der Waals surface area contributed by atoms with Gasteiger partial charge in [-0.3, -0.25) is 0 Å². The SMILES string of the molecule is Fc1c(Cl)cc(C(F)(F)F)c(Cl)c1F. The Morgan fingerprint density at radius 2 is 1.50 bits per heavy atom. The van der Waals surface area contributed by atoms with E-state index in [2.05, 4.69) is 0 Å². The lowest BCUT2D eigenvalue weighted by Crippen LogP contribution is -2.08. The van der Waals surface area contributed by atoms with Gasteiger partial charge in [0.25, 0.3) is 0 Å². The summed E-state index contributed by atoms with van der Waals surface area (Å²) in [6.07, 6.45) is -4.87. The molecule has 0 heterocycles. The van der Waals surface area contributed by atoms with Gasteiger partial charge in [0, 0.05) is 0 Å². The van der Waals surface area contributed by atoms with Crippen LogP contribution in [0.2, 0.25) is 10.0 Å². The summed E-state index contributed by atoms with van der Waals surface area (Å²) in [6, 6.07) is 0.238. The van der Waals surface area contributed by atoms with E-state index in [4.69, 9.17) is 23.2 Å². The Balaban J connectivity index is 3.49. The number of hydrogen-bond acceptors (Lipinski definition) is 0. The molecule has 0 aliphatic heterocycles. The van der Waals surface area contributed by atoms with Crippen LogP contribution in [-0.2, 0) is 6.18 Å². The minimum atomic E-state index is -4.87. The average Bonchev–Trinajstić information content (AvgIpc) is 2.06. The summed E-state index contributed by atoms with van der Waals surface area (Å²) in [6.45, 7) is 0. The molecule has 0 bridgehead atoms. The zero-order chi connectivity index (χ0) is 11.1. The Kier molecular flexibility index (Phi) is 2.92. The third-order valence-corrected chi connectivity index (χ3v) is 2.05. The van der Waals surface area contributed by atoms with Gasteiger partial charge in [0.1, 0.15) is 0 Å². The molecule has 0 unspecified atom stereocenters. The van der Waals surface area contributed by atoms with Gasteiger partial charge in [-0.05, 0) is 6.07 Å². The quantitative estimate of drug-likeness (QED) is 0.366. The second kappa shape index (κ2) is 3.55. The number of alkyl halides is 3. The molecule has 1 aromatic rings. The number of halogens is 7. The zero-order valence-electron chi connectivity index (χ0n) is 6.22. The molecule has 0 aromatic heterocycles. The number of benzene rings is 1. The van der Waals surface area contributed by atoms with E-state index in [-0.39, 0.29) is 6.07 Å². The first-order valence-corrected chi connectivity index (χ1v) is 3.91. The first-order valence-electron chi connectivity index (χ1n) is 3.15. The highest BCUT2D eigenvalue weighted by atomic mass is 35.5. The van der Waals surface area contributed by atoms with Gasteiger partial charge < -0.3 is 0 Å². The van der Waals surface area contributed by atoms with Crippen molar-refractivity contribution < 1.29 is 22.0 Å². The molecular weight excluding hydrogens is 250 g/mol. The maximum absolute atomic E-state index is 12.7. The van der Waals surface area contributed by atoms with Crippen LogP contribution in [0, 0.1) is 11.6 Å². The molecule has 0 atom stereocenters. The molecule has 7 heteroatoms. The molecule has 1 rings (SSSR count). The van der Waals surface area contributed by atoms with Crippen LogP contribution in [0.25, 0.3) is 0 Å². The summed E-state index contributed by atoms with van der Waals surface area (Å²) in [5, 5.41) is -2.28. The molecule has 0 nitrogen and oxygen atoms in total. The van der Waals surface area contributed by atoms with E-state index in [1.54, 1.807) is 0 Å². The summed E-state index contributed by atoms with van der Waals surface area (Å²) in [4.78, 5) is 0. The van der Waals surface area contributed by atoms with Gasteiger partial charge in [-0.15, -0.1) is 0 Å². The van der Waals surface area contributed by atoms with Crippen molar-refractivity contribution >= 4 is 23.2 Å². The van der Waals surface area contributed by atoms with E-state index in [9.17, 15) is 22.0 Å². The highest BCUT2D eigenvalue weighted by Gasteiger charge is 2.36. The summed E-state index contributed by atoms with van der Waals surface area (Å²) >= 11 is 9.98. The molecule has 1 aromatic carbocycles. The van der Waals surface area contributed by atoms with Crippen molar-refractivity contribution in [1.29, 1.82) is 0 Å².